The highest BCUT2D eigenvalue weighted by atomic mass is 31.2. The summed E-state index contributed by atoms with van der Waals surface area (Å²) >= 11 is 0. The molecule has 0 amide bonds. The number of ether oxygens (including phenoxy) is 4. The molecule has 5 atom stereocenters. The van der Waals surface area contributed by atoms with Gasteiger partial charge in [-0.1, -0.05) is 388 Å². The van der Waals surface area contributed by atoms with Gasteiger partial charge >= 0.3 is 39.5 Å². The van der Waals surface area contributed by atoms with Crippen LogP contribution in [-0.2, 0) is 65.4 Å². The zero-order chi connectivity index (χ0) is 74.9. The molecule has 0 saturated carbocycles. The van der Waals surface area contributed by atoms with Crippen molar-refractivity contribution in [3.8, 4) is 0 Å². The van der Waals surface area contributed by atoms with Gasteiger partial charge in [0.15, 0.2) is 12.2 Å². The zero-order valence-corrected chi connectivity index (χ0v) is 68.7. The standard InChI is InChI=1S/C83H162O17P2/c1-7-9-11-13-15-17-19-21-23-24-25-26-27-28-29-30-36-40-44-48-56-62-68-82(87)99-78(71-93-80(85)65-59-53-46-42-38-35-32-31-33-37-41-45-51-57-63-75(3)4)73-97-101(89,90)95-69-77(84)70-96-102(91,92)98-74-79(72-94-81(86)66-60-54-50-49-52-58-64-76(5)6)100-83(88)67-61-55-47-43-39-34-22-20-18-16-14-12-10-8-2/h75-79,84H,7-74H2,1-6H3,(H,89,90)(H,91,92)/t77-,78-,79-/m1/s1. The average molecular weight is 1490 g/mol. The summed E-state index contributed by atoms with van der Waals surface area (Å²) in [6.07, 6.45) is 65.5. The van der Waals surface area contributed by atoms with E-state index < -0.39 is 97.5 Å². The number of rotatable bonds is 82. The Labute approximate surface area is 626 Å². The number of phosphoric acid groups is 2. The molecule has 0 spiro atoms. The zero-order valence-electron chi connectivity index (χ0n) is 66.9. The van der Waals surface area contributed by atoms with E-state index in [9.17, 15) is 43.2 Å². The lowest BCUT2D eigenvalue weighted by Crippen LogP contribution is -2.30. The minimum Gasteiger partial charge on any atom is -0.462 e. The molecule has 0 radical (unpaired) electrons. The molecule has 0 aliphatic heterocycles. The second-order valence-corrected chi connectivity index (χ2v) is 33.7. The van der Waals surface area contributed by atoms with Gasteiger partial charge in [-0.05, 0) is 37.5 Å². The van der Waals surface area contributed by atoms with Gasteiger partial charge < -0.3 is 33.8 Å². The van der Waals surface area contributed by atoms with E-state index in [4.69, 9.17) is 37.0 Å². The lowest BCUT2D eigenvalue weighted by molar-refractivity contribution is -0.161. The SMILES string of the molecule is CCCCCCCCCCCCCCCCCCCCCCCCC(=O)O[C@H](COC(=O)CCCCCCCCCCCCCCCCC(C)C)COP(=O)(O)OC[C@@H](O)COP(=O)(O)OC[C@@H](COC(=O)CCCCCCCCC(C)C)OC(=O)CCCCCCCCCCCCCCCC. The first-order valence-corrected chi connectivity index (χ1v) is 46.0. The Morgan fingerprint density at radius 3 is 0.667 bits per heavy atom. The number of phosphoric ester groups is 2. The second-order valence-electron chi connectivity index (χ2n) is 30.8. The molecule has 0 saturated heterocycles. The second kappa shape index (κ2) is 74.5. The van der Waals surface area contributed by atoms with Crippen molar-refractivity contribution < 1.29 is 80.2 Å². The normalized spacial score (nSPS) is 13.9. The first kappa shape index (κ1) is 100. The maximum Gasteiger partial charge on any atom is 0.472 e. The Balaban J connectivity index is 5.20. The third-order valence-corrected chi connectivity index (χ3v) is 21.4. The van der Waals surface area contributed by atoms with Crippen LogP contribution in [0.2, 0.25) is 0 Å². The summed E-state index contributed by atoms with van der Waals surface area (Å²) in [5, 5.41) is 10.6. The number of unbranched alkanes of at least 4 members (excludes halogenated alkanes) is 52. The Kier molecular flexibility index (Phi) is 73.1. The van der Waals surface area contributed by atoms with Crippen LogP contribution in [0.1, 0.15) is 440 Å². The number of hydrogen-bond donors (Lipinski definition) is 3. The lowest BCUT2D eigenvalue weighted by atomic mass is 10.0. The highest BCUT2D eigenvalue weighted by molar-refractivity contribution is 7.47. The summed E-state index contributed by atoms with van der Waals surface area (Å²) in [6.45, 7) is 9.59. The molecule has 3 N–H and O–H groups in total. The van der Waals surface area contributed by atoms with Crippen LogP contribution < -0.4 is 0 Å². The molecule has 102 heavy (non-hydrogen) atoms. The van der Waals surface area contributed by atoms with E-state index in [0.29, 0.717) is 31.6 Å². The molecule has 2 unspecified atom stereocenters. The van der Waals surface area contributed by atoms with Crippen LogP contribution in [-0.4, -0.2) is 96.7 Å². The number of aliphatic hydroxyl groups is 1. The molecule has 606 valence electrons. The molecule has 0 aromatic carbocycles. The summed E-state index contributed by atoms with van der Waals surface area (Å²) in [5.41, 5.74) is 0. The van der Waals surface area contributed by atoms with Gasteiger partial charge in [0.05, 0.1) is 26.4 Å². The molecule has 17 nitrogen and oxygen atoms in total. The fourth-order valence-corrected chi connectivity index (χ4v) is 14.5. The number of carbonyl (C=O) groups is 4. The molecule has 0 aliphatic carbocycles. The van der Waals surface area contributed by atoms with E-state index in [1.807, 2.05) is 0 Å². The van der Waals surface area contributed by atoms with E-state index in [1.165, 1.54) is 250 Å². The fourth-order valence-electron chi connectivity index (χ4n) is 12.9. The molecule has 0 heterocycles. The van der Waals surface area contributed by atoms with Crippen molar-refractivity contribution in [2.45, 2.75) is 458 Å². The van der Waals surface area contributed by atoms with Gasteiger partial charge in [0.25, 0.3) is 0 Å². The van der Waals surface area contributed by atoms with Gasteiger partial charge in [-0.3, -0.25) is 37.3 Å². The molecule has 0 bridgehead atoms. The van der Waals surface area contributed by atoms with Gasteiger partial charge in [0.2, 0.25) is 0 Å². The first-order chi connectivity index (χ1) is 49.4. The number of hydrogen-bond acceptors (Lipinski definition) is 15. The van der Waals surface area contributed by atoms with Crippen molar-refractivity contribution in [2.75, 3.05) is 39.6 Å². The van der Waals surface area contributed by atoms with Crippen molar-refractivity contribution in [2.24, 2.45) is 11.8 Å². The maximum absolute atomic E-state index is 13.1. The Bertz CT molecular complexity index is 1960. The lowest BCUT2D eigenvalue weighted by Gasteiger charge is -2.21. The first-order valence-electron chi connectivity index (χ1n) is 43.0. The number of aliphatic hydroxyl groups excluding tert-OH is 1. The number of carbonyl (C=O) groups excluding carboxylic acids is 4. The molecule has 0 aliphatic rings. The highest BCUT2D eigenvalue weighted by Gasteiger charge is 2.30. The van der Waals surface area contributed by atoms with Crippen LogP contribution in [0.4, 0.5) is 0 Å². The van der Waals surface area contributed by atoms with Crippen LogP contribution in [0, 0.1) is 11.8 Å². The van der Waals surface area contributed by atoms with Gasteiger partial charge in [0, 0.05) is 25.7 Å². The molecule has 0 rings (SSSR count). The highest BCUT2D eigenvalue weighted by Crippen LogP contribution is 2.45. The van der Waals surface area contributed by atoms with E-state index >= 15 is 0 Å². The van der Waals surface area contributed by atoms with E-state index in [0.717, 1.165) is 102 Å². The van der Waals surface area contributed by atoms with Crippen molar-refractivity contribution >= 4 is 39.5 Å². The molecular weight excluding hydrogens is 1330 g/mol. The number of esters is 4. The van der Waals surface area contributed by atoms with Crippen LogP contribution in [0.15, 0.2) is 0 Å². The van der Waals surface area contributed by atoms with Crippen molar-refractivity contribution in [3.05, 3.63) is 0 Å². The summed E-state index contributed by atoms with van der Waals surface area (Å²) < 4.78 is 68.7. The fraction of sp³-hybridized carbons (Fsp3) is 0.952. The van der Waals surface area contributed by atoms with Gasteiger partial charge in [-0.2, -0.15) is 0 Å². The third-order valence-electron chi connectivity index (χ3n) is 19.5. The van der Waals surface area contributed by atoms with Crippen LogP contribution >= 0.6 is 15.6 Å². The van der Waals surface area contributed by atoms with Gasteiger partial charge in [-0.15, -0.1) is 0 Å². The quantitative estimate of drug-likeness (QED) is 0.0222. The predicted molar refractivity (Wildman–Crippen MR) is 418 cm³/mol. The summed E-state index contributed by atoms with van der Waals surface area (Å²) in [7, 11) is -9.92. The van der Waals surface area contributed by atoms with Crippen LogP contribution in [0.5, 0.6) is 0 Å². The van der Waals surface area contributed by atoms with Crippen molar-refractivity contribution in [1.82, 2.24) is 0 Å². The minimum absolute atomic E-state index is 0.107. The third kappa shape index (κ3) is 76.3. The Hall–Kier alpha value is -1.94. The van der Waals surface area contributed by atoms with Crippen molar-refractivity contribution in [1.29, 1.82) is 0 Å². The largest absolute Gasteiger partial charge is 0.472 e. The van der Waals surface area contributed by atoms with E-state index in [-0.39, 0.29) is 25.7 Å². The molecule has 19 heteroatoms. The summed E-state index contributed by atoms with van der Waals surface area (Å²) in [4.78, 5) is 73.0. The van der Waals surface area contributed by atoms with Gasteiger partial charge in [-0.25, -0.2) is 9.13 Å². The topological polar surface area (TPSA) is 237 Å². The van der Waals surface area contributed by atoms with E-state index in [1.54, 1.807) is 0 Å². The van der Waals surface area contributed by atoms with Crippen LogP contribution in [0.25, 0.3) is 0 Å². The average Bonchev–Trinajstić information content (AvgIpc) is 0.942. The Morgan fingerprint density at radius 1 is 0.265 bits per heavy atom. The molecule has 0 aromatic rings. The molecule has 0 aromatic heterocycles. The summed E-state index contributed by atoms with van der Waals surface area (Å²) in [6, 6.07) is 0. The molecule has 0 fully saturated rings. The van der Waals surface area contributed by atoms with Crippen molar-refractivity contribution in [3.63, 3.8) is 0 Å². The van der Waals surface area contributed by atoms with Gasteiger partial charge in [0.1, 0.15) is 19.3 Å². The minimum atomic E-state index is -4.96. The van der Waals surface area contributed by atoms with Crippen LogP contribution in [0.3, 0.4) is 0 Å². The summed E-state index contributed by atoms with van der Waals surface area (Å²) in [5.74, 6) is -0.630. The predicted octanol–water partition coefficient (Wildman–Crippen LogP) is 25.1. The monoisotopic (exact) mass is 1490 g/mol. The maximum atomic E-state index is 13.1. The molecular formula is C83H162O17P2. The smallest absolute Gasteiger partial charge is 0.462 e. The van der Waals surface area contributed by atoms with E-state index in [2.05, 4.69) is 41.5 Å². The Morgan fingerprint density at radius 2 is 0.451 bits per heavy atom.